The third kappa shape index (κ3) is 2.83. The summed E-state index contributed by atoms with van der Waals surface area (Å²) in [6.45, 7) is 0.576. The van der Waals surface area contributed by atoms with Gasteiger partial charge in [-0.3, -0.25) is 4.79 Å². The minimum atomic E-state index is -0.176. The molecule has 3 nitrogen and oxygen atoms in total. The summed E-state index contributed by atoms with van der Waals surface area (Å²) in [5, 5.41) is 0. The molecule has 1 unspecified atom stereocenters. The summed E-state index contributed by atoms with van der Waals surface area (Å²) in [6.07, 6.45) is 1.52. The fourth-order valence-corrected chi connectivity index (χ4v) is 2.87. The molecule has 1 amide bonds. The third-order valence-corrected chi connectivity index (χ3v) is 3.98. The van der Waals surface area contributed by atoms with E-state index in [4.69, 9.17) is 4.74 Å². The van der Waals surface area contributed by atoms with Crippen molar-refractivity contribution in [3.8, 4) is 0 Å². The van der Waals surface area contributed by atoms with E-state index in [0.717, 1.165) is 29.5 Å². The van der Waals surface area contributed by atoms with E-state index < -0.39 is 0 Å². The van der Waals surface area contributed by atoms with E-state index in [0.29, 0.717) is 6.54 Å². The molecule has 0 aromatic heterocycles. The molecule has 3 heteroatoms. The van der Waals surface area contributed by atoms with Crippen molar-refractivity contribution in [1.82, 2.24) is 4.90 Å². The maximum Gasteiger partial charge on any atom is 0.256 e. The lowest BCUT2D eigenvalue weighted by atomic mass is 10.0. The van der Waals surface area contributed by atoms with Gasteiger partial charge >= 0.3 is 0 Å². The number of aryl methyl sites for hydroxylation is 1. The van der Waals surface area contributed by atoms with Gasteiger partial charge in [-0.2, -0.15) is 0 Å². The van der Waals surface area contributed by atoms with Gasteiger partial charge < -0.3 is 9.64 Å². The van der Waals surface area contributed by atoms with Gasteiger partial charge in [-0.15, -0.1) is 0 Å². The molecule has 2 aromatic rings. The number of ether oxygens (including phenoxy) is 1. The highest BCUT2D eigenvalue weighted by Gasteiger charge is 2.29. The highest BCUT2D eigenvalue weighted by Crippen LogP contribution is 2.24. The maximum absolute atomic E-state index is 12.9. The summed E-state index contributed by atoms with van der Waals surface area (Å²) >= 11 is 0. The second-order valence-corrected chi connectivity index (χ2v) is 5.30. The Morgan fingerprint density at radius 1 is 1.10 bits per heavy atom. The lowest BCUT2D eigenvalue weighted by Gasteiger charge is -2.29. The first kappa shape index (κ1) is 13.8. The largest absolute Gasteiger partial charge is 0.362 e. The molecule has 2 aromatic carbocycles. The highest BCUT2D eigenvalue weighted by molar-refractivity contribution is 5.96. The molecule has 1 heterocycles. The van der Waals surface area contributed by atoms with E-state index in [1.807, 2.05) is 59.5 Å². The number of hydrogen-bond donors (Lipinski definition) is 0. The van der Waals surface area contributed by atoms with Crippen molar-refractivity contribution in [2.75, 3.05) is 7.11 Å². The number of amides is 1. The summed E-state index contributed by atoms with van der Waals surface area (Å²) in [4.78, 5) is 14.7. The van der Waals surface area contributed by atoms with Gasteiger partial charge in [0.1, 0.15) is 6.23 Å². The van der Waals surface area contributed by atoms with E-state index in [1.54, 1.807) is 7.11 Å². The van der Waals surface area contributed by atoms with Crippen LogP contribution in [0.15, 0.2) is 54.6 Å². The lowest BCUT2D eigenvalue weighted by Crippen LogP contribution is -2.39. The Morgan fingerprint density at radius 2 is 1.81 bits per heavy atom. The average molecular weight is 281 g/mol. The van der Waals surface area contributed by atoms with Gasteiger partial charge in [-0.25, -0.2) is 0 Å². The minimum absolute atomic E-state index is 0.0544. The third-order valence-electron chi connectivity index (χ3n) is 3.98. The Kier molecular flexibility index (Phi) is 4.02. The van der Waals surface area contributed by atoms with Crippen LogP contribution in [0.3, 0.4) is 0 Å². The minimum Gasteiger partial charge on any atom is -0.362 e. The fourth-order valence-electron chi connectivity index (χ4n) is 2.87. The Balaban J connectivity index is 1.94. The monoisotopic (exact) mass is 281 g/mol. The van der Waals surface area contributed by atoms with E-state index >= 15 is 0 Å². The van der Waals surface area contributed by atoms with Crippen molar-refractivity contribution in [3.63, 3.8) is 0 Å². The molecule has 108 valence electrons. The van der Waals surface area contributed by atoms with Gasteiger partial charge in [0.15, 0.2) is 0 Å². The molecule has 0 N–H and O–H groups in total. The van der Waals surface area contributed by atoms with Crippen molar-refractivity contribution in [2.24, 2.45) is 0 Å². The van der Waals surface area contributed by atoms with Crippen LogP contribution in [0.25, 0.3) is 0 Å². The number of methoxy groups -OCH3 is 1. The molecule has 21 heavy (non-hydrogen) atoms. The first-order valence-electron chi connectivity index (χ1n) is 7.25. The van der Waals surface area contributed by atoms with Crippen LogP contribution in [0.4, 0.5) is 0 Å². The number of benzene rings is 2. The first-order valence-corrected chi connectivity index (χ1v) is 7.25. The second-order valence-electron chi connectivity index (χ2n) is 5.30. The van der Waals surface area contributed by atoms with Crippen LogP contribution in [0.1, 0.15) is 27.9 Å². The summed E-state index contributed by atoms with van der Waals surface area (Å²) in [5.41, 5.74) is 3.03. The predicted octanol–water partition coefficient (Wildman–Crippen LogP) is 3.25. The van der Waals surface area contributed by atoms with E-state index in [1.165, 1.54) is 0 Å². The van der Waals surface area contributed by atoms with Gasteiger partial charge in [0, 0.05) is 19.2 Å². The van der Waals surface area contributed by atoms with Crippen LogP contribution in [0.2, 0.25) is 0 Å². The topological polar surface area (TPSA) is 29.5 Å². The van der Waals surface area contributed by atoms with Crippen LogP contribution >= 0.6 is 0 Å². The van der Waals surface area contributed by atoms with E-state index in [9.17, 15) is 4.79 Å². The normalized spacial score (nSPS) is 18.2. The molecule has 0 fully saturated rings. The lowest BCUT2D eigenvalue weighted by molar-refractivity contribution is -0.0265. The molecule has 1 aliphatic heterocycles. The number of carbonyl (C=O) groups excluding carboxylic acids is 1. The molecule has 0 aliphatic carbocycles. The van der Waals surface area contributed by atoms with Crippen LogP contribution in [-0.4, -0.2) is 24.1 Å². The maximum atomic E-state index is 12.9. The Morgan fingerprint density at radius 3 is 2.57 bits per heavy atom. The zero-order valence-corrected chi connectivity index (χ0v) is 12.2. The zero-order valence-electron chi connectivity index (χ0n) is 12.2. The van der Waals surface area contributed by atoms with Gasteiger partial charge in [0.05, 0.1) is 0 Å². The van der Waals surface area contributed by atoms with Crippen LogP contribution < -0.4 is 0 Å². The quantitative estimate of drug-likeness (QED) is 0.864. The molecule has 1 atom stereocenters. The van der Waals surface area contributed by atoms with E-state index in [2.05, 4.69) is 0 Å². The Hall–Kier alpha value is -2.13. The van der Waals surface area contributed by atoms with Crippen molar-refractivity contribution >= 4 is 5.91 Å². The molecule has 0 spiro atoms. The van der Waals surface area contributed by atoms with Crippen molar-refractivity contribution < 1.29 is 9.53 Å². The smallest absolute Gasteiger partial charge is 0.256 e. The highest BCUT2D eigenvalue weighted by atomic mass is 16.5. The van der Waals surface area contributed by atoms with E-state index in [-0.39, 0.29) is 12.1 Å². The molecule has 0 saturated heterocycles. The van der Waals surface area contributed by atoms with Crippen LogP contribution in [0, 0.1) is 0 Å². The van der Waals surface area contributed by atoms with Crippen molar-refractivity contribution in [3.05, 3.63) is 71.3 Å². The number of fused-ring (bicyclic) bond motifs is 1. The molecule has 3 rings (SSSR count). The molecular formula is C18H19NO2. The zero-order chi connectivity index (χ0) is 14.7. The number of nitrogens with zero attached hydrogens (tertiary/aromatic N) is 1. The van der Waals surface area contributed by atoms with Crippen molar-refractivity contribution in [2.45, 2.75) is 25.6 Å². The van der Waals surface area contributed by atoms with Gasteiger partial charge in [0.25, 0.3) is 5.91 Å². The van der Waals surface area contributed by atoms with Gasteiger partial charge in [-0.1, -0.05) is 48.5 Å². The summed E-state index contributed by atoms with van der Waals surface area (Å²) in [7, 11) is 1.67. The fraction of sp³-hybridized carbons (Fsp3) is 0.278. The first-order chi connectivity index (χ1) is 10.3. The summed E-state index contributed by atoms with van der Waals surface area (Å²) in [5.74, 6) is 0.0544. The predicted molar refractivity (Wildman–Crippen MR) is 81.9 cm³/mol. The Labute approximate surface area is 125 Å². The molecule has 0 bridgehead atoms. The molecule has 0 radical (unpaired) electrons. The summed E-state index contributed by atoms with van der Waals surface area (Å²) in [6, 6.07) is 17.9. The second kappa shape index (κ2) is 6.10. The molecule has 1 aliphatic rings. The van der Waals surface area contributed by atoms with Crippen LogP contribution in [0.5, 0.6) is 0 Å². The summed E-state index contributed by atoms with van der Waals surface area (Å²) < 4.78 is 5.56. The Bertz CT molecular complexity index is 624. The molecule has 0 saturated carbocycles. The average Bonchev–Trinajstić information content (AvgIpc) is 2.67. The van der Waals surface area contributed by atoms with Crippen molar-refractivity contribution in [1.29, 1.82) is 0 Å². The standard InChI is InChI=1S/C18H19NO2/c1-21-17-12-11-15-9-5-6-10-16(15)18(20)19(17)13-14-7-3-2-4-8-14/h2-10,17H,11-13H2,1H3. The van der Waals surface area contributed by atoms with Gasteiger partial charge in [-0.05, 0) is 30.0 Å². The van der Waals surface area contributed by atoms with Gasteiger partial charge in [0.2, 0.25) is 0 Å². The number of hydrogen-bond acceptors (Lipinski definition) is 2. The molecular weight excluding hydrogens is 262 g/mol. The number of rotatable bonds is 3. The van der Waals surface area contributed by atoms with Crippen LogP contribution in [-0.2, 0) is 17.7 Å². The SMILES string of the molecule is COC1CCc2ccccc2C(=O)N1Cc1ccccc1. The number of carbonyl (C=O) groups is 1.